The number of ether oxygens (including phenoxy) is 1. The molecule has 1 atom stereocenters. The van der Waals surface area contributed by atoms with Crippen molar-refractivity contribution in [3.63, 3.8) is 0 Å². The van der Waals surface area contributed by atoms with Crippen LogP contribution in [0, 0.1) is 0 Å². The normalized spacial score (nSPS) is 12.1. The first-order chi connectivity index (χ1) is 19.7. The van der Waals surface area contributed by atoms with E-state index in [-0.39, 0.29) is 23.0 Å². The van der Waals surface area contributed by atoms with Gasteiger partial charge in [0.25, 0.3) is 5.91 Å². The number of amides is 1. The molecule has 1 amide bonds. The van der Waals surface area contributed by atoms with Gasteiger partial charge >= 0.3 is 5.97 Å². The summed E-state index contributed by atoms with van der Waals surface area (Å²) in [6, 6.07) is 27.6. The molecular weight excluding hydrogens is 544 g/mol. The van der Waals surface area contributed by atoms with Gasteiger partial charge in [-0.15, -0.1) is 0 Å². The molecule has 4 aromatic carbocycles. The second-order valence-electron chi connectivity index (χ2n) is 9.27. The maximum Gasteiger partial charge on any atom is 0.322 e. The van der Waals surface area contributed by atoms with Crippen molar-refractivity contribution in [2.75, 3.05) is 12.4 Å². The van der Waals surface area contributed by atoms with Crippen molar-refractivity contribution < 1.29 is 32.3 Å². The lowest BCUT2D eigenvalue weighted by Crippen LogP contribution is -2.42. The van der Waals surface area contributed by atoms with Gasteiger partial charge < -0.3 is 19.6 Å². The first-order valence-electron chi connectivity index (χ1n) is 12.6. The third-order valence-electron chi connectivity index (χ3n) is 6.48. The number of nitrogens with one attached hydrogen (secondary N) is 2. The Labute approximate surface area is 236 Å². The average molecular weight is 571 g/mol. The molecule has 0 bridgehead atoms. The molecule has 0 aliphatic rings. The minimum atomic E-state index is -4.10. The van der Waals surface area contributed by atoms with Gasteiger partial charge in [-0.05, 0) is 71.6 Å². The summed E-state index contributed by atoms with van der Waals surface area (Å²) in [7, 11) is -2.58. The zero-order chi connectivity index (χ0) is 29.0. The molecule has 3 N–H and O–H groups in total. The molecule has 5 rings (SSSR count). The number of anilines is 1. The highest BCUT2D eigenvalue weighted by molar-refractivity contribution is 7.89. The number of fused-ring (bicyclic) bond motifs is 1. The first kappa shape index (κ1) is 27.6. The van der Waals surface area contributed by atoms with Crippen LogP contribution in [0.4, 0.5) is 5.69 Å². The maximum atomic E-state index is 13.0. The Morgan fingerprint density at radius 1 is 0.878 bits per heavy atom. The summed E-state index contributed by atoms with van der Waals surface area (Å²) in [5.41, 5.74) is 3.38. The smallest absolute Gasteiger partial charge is 0.322 e. The van der Waals surface area contributed by atoms with Crippen LogP contribution in [0.5, 0.6) is 5.75 Å². The summed E-state index contributed by atoms with van der Waals surface area (Å²) in [6.45, 7) is 0. The zero-order valence-electron chi connectivity index (χ0n) is 21.9. The van der Waals surface area contributed by atoms with Gasteiger partial charge in [0.2, 0.25) is 10.0 Å². The van der Waals surface area contributed by atoms with Crippen LogP contribution >= 0.6 is 0 Å². The van der Waals surface area contributed by atoms with E-state index in [1.165, 1.54) is 19.2 Å². The molecule has 41 heavy (non-hydrogen) atoms. The quantitative estimate of drug-likeness (QED) is 0.206. The Bertz CT molecular complexity index is 1760. The Hall–Kier alpha value is -4.93. The standard InChI is InChI=1S/C31H26N2O7S/c1-39-25-14-6-20(7-15-25)18-27(31(35)36)33-41(37,38)26-16-10-22(11-17-26)21-8-12-24(13-9-21)32-30(34)29-19-23-4-2-3-5-28(23)40-29/h2-17,19,27,33H,18H2,1H3,(H,32,34)(H,35,36)/t27-/m0/s1. The molecule has 10 heteroatoms. The minimum absolute atomic E-state index is 0.0319. The third kappa shape index (κ3) is 6.46. The van der Waals surface area contributed by atoms with E-state index in [1.807, 2.05) is 18.2 Å². The number of rotatable bonds is 10. The van der Waals surface area contributed by atoms with Crippen molar-refractivity contribution in [2.24, 2.45) is 0 Å². The van der Waals surface area contributed by atoms with Gasteiger partial charge in [-0.1, -0.05) is 54.6 Å². The Kier molecular flexibility index (Phi) is 7.86. The van der Waals surface area contributed by atoms with Crippen molar-refractivity contribution in [3.8, 4) is 16.9 Å². The van der Waals surface area contributed by atoms with E-state index in [9.17, 15) is 23.1 Å². The van der Waals surface area contributed by atoms with Crippen LogP contribution in [-0.2, 0) is 21.2 Å². The molecule has 208 valence electrons. The summed E-state index contributed by atoms with van der Waals surface area (Å²) in [5.74, 6) is -0.839. The van der Waals surface area contributed by atoms with E-state index in [4.69, 9.17) is 9.15 Å². The van der Waals surface area contributed by atoms with Gasteiger partial charge in [0, 0.05) is 11.1 Å². The molecule has 0 saturated heterocycles. The van der Waals surface area contributed by atoms with Gasteiger partial charge in [0.1, 0.15) is 17.4 Å². The van der Waals surface area contributed by atoms with E-state index in [0.29, 0.717) is 22.6 Å². The fraction of sp³-hybridized carbons (Fsp3) is 0.0968. The van der Waals surface area contributed by atoms with Gasteiger partial charge in [0.15, 0.2) is 5.76 Å². The molecule has 0 aliphatic heterocycles. The molecular formula is C31H26N2O7S. The van der Waals surface area contributed by atoms with Crippen molar-refractivity contribution in [1.82, 2.24) is 4.72 Å². The van der Waals surface area contributed by atoms with Gasteiger partial charge in [-0.25, -0.2) is 8.42 Å². The lowest BCUT2D eigenvalue weighted by molar-refractivity contribution is -0.138. The lowest BCUT2D eigenvalue weighted by atomic mass is 10.1. The van der Waals surface area contributed by atoms with E-state index < -0.39 is 22.0 Å². The van der Waals surface area contributed by atoms with Crippen molar-refractivity contribution in [1.29, 1.82) is 0 Å². The average Bonchev–Trinajstić information content (AvgIpc) is 3.42. The highest BCUT2D eigenvalue weighted by Gasteiger charge is 2.26. The van der Waals surface area contributed by atoms with Gasteiger partial charge in [0.05, 0.1) is 12.0 Å². The number of hydrogen-bond acceptors (Lipinski definition) is 6. The van der Waals surface area contributed by atoms with E-state index >= 15 is 0 Å². The largest absolute Gasteiger partial charge is 0.497 e. The van der Waals surface area contributed by atoms with E-state index in [0.717, 1.165) is 16.5 Å². The van der Waals surface area contributed by atoms with Crippen LogP contribution < -0.4 is 14.8 Å². The fourth-order valence-corrected chi connectivity index (χ4v) is 5.48. The van der Waals surface area contributed by atoms with Gasteiger partial charge in [-0.2, -0.15) is 4.72 Å². The summed E-state index contributed by atoms with van der Waals surface area (Å²) in [6.07, 6.45) is -0.0319. The second kappa shape index (κ2) is 11.7. The molecule has 0 aliphatic carbocycles. The molecule has 0 radical (unpaired) electrons. The van der Waals surface area contributed by atoms with E-state index in [2.05, 4.69) is 10.0 Å². The molecule has 0 fully saturated rings. The van der Waals surface area contributed by atoms with Crippen LogP contribution in [0.2, 0.25) is 0 Å². The summed E-state index contributed by atoms with van der Waals surface area (Å²) >= 11 is 0. The highest BCUT2D eigenvalue weighted by Crippen LogP contribution is 2.25. The highest BCUT2D eigenvalue weighted by atomic mass is 32.2. The van der Waals surface area contributed by atoms with E-state index in [1.54, 1.807) is 72.8 Å². The van der Waals surface area contributed by atoms with Crippen molar-refractivity contribution in [2.45, 2.75) is 17.4 Å². The number of furan rings is 1. The van der Waals surface area contributed by atoms with Gasteiger partial charge in [-0.3, -0.25) is 9.59 Å². The number of carbonyl (C=O) groups is 2. The van der Waals surface area contributed by atoms with Crippen LogP contribution in [0.15, 0.2) is 112 Å². The summed E-state index contributed by atoms with van der Waals surface area (Å²) in [4.78, 5) is 24.4. The molecule has 0 saturated carbocycles. The van der Waals surface area contributed by atoms with Crippen molar-refractivity contribution in [3.05, 3.63) is 114 Å². The first-order valence-corrected chi connectivity index (χ1v) is 14.1. The van der Waals surface area contributed by atoms with Crippen LogP contribution in [0.3, 0.4) is 0 Å². The monoisotopic (exact) mass is 570 g/mol. The number of aliphatic carboxylic acids is 1. The topological polar surface area (TPSA) is 135 Å². The second-order valence-corrected chi connectivity index (χ2v) is 11.0. The lowest BCUT2D eigenvalue weighted by Gasteiger charge is -2.15. The number of para-hydroxylation sites is 1. The molecule has 0 unspecified atom stereocenters. The van der Waals surface area contributed by atoms with Crippen LogP contribution in [0.25, 0.3) is 22.1 Å². The SMILES string of the molecule is COc1ccc(C[C@H](NS(=O)(=O)c2ccc(-c3ccc(NC(=O)c4cc5ccccc5o4)cc3)cc2)C(=O)O)cc1. The molecule has 5 aromatic rings. The third-order valence-corrected chi connectivity index (χ3v) is 7.97. The Morgan fingerprint density at radius 3 is 2.12 bits per heavy atom. The minimum Gasteiger partial charge on any atom is -0.497 e. The zero-order valence-corrected chi connectivity index (χ0v) is 22.7. The maximum absolute atomic E-state index is 13.0. The fourth-order valence-electron chi connectivity index (χ4n) is 4.29. The number of carbonyl (C=O) groups excluding carboxylic acids is 1. The number of methoxy groups -OCH3 is 1. The number of benzene rings is 4. The Balaban J connectivity index is 1.24. The number of carboxylic acid groups (broad SMARTS) is 1. The number of sulfonamides is 1. The molecule has 1 heterocycles. The Morgan fingerprint density at radius 2 is 1.51 bits per heavy atom. The number of carboxylic acids is 1. The molecule has 1 aromatic heterocycles. The van der Waals surface area contributed by atoms with Crippen LogP contribution in [0.1, 0.15) is 16.1 Å². The van der Waals surface area contributed by atoms with Crippen molar-refractivity contribution >= 4 is 38.6 Å². The summed E-state index contributed by atoms with van der Waals surface area (Å²) in [5, 5.41) is 13.3. The molecule has 0 spiro atoms. The summed E-state index contributed by atoms with van der Waals surface area (Å²) < 4.78 is 38.9. The molecule has 9 nitrogen and oxygen atoms in total. The predicted octanol–water partition coefficient (Wildman–Crippen LogP) is 5.33. The number of hydrogen-bond donors (Lipinski definition) is 3. The predicted molar refractivity (Wildman–Crippen MR) is 154 cm³/mol. The van der Waals surface area contributed by atoms with Crippen LogP contribution in [-0.4, -0.2) is 38.6 Å².